The number of benzene rings is 1. The van der Waals surface area contributed by atoms with Gasteiger partial charge >= 0.3 is 0 Å². The Kier molecular flexibility index (Phi) is 4.84. The molecule has 1 amide bonds. The summed E-state index contributed by atoms with van der Waals surface area (Å²) in [5.74, 6) is 1.37. The fourth-order valence-electron chi connectivity index (χ4n) is 2.70. The van der Waals surface area contributed by atoms with Gasteiger partial charge in [-0.2, -0.15) is 0 Å². The second-order valence-electron chi connectivity index (χ2n) is 5.19. The lowest BCUT2D eigenvalue weighted by molar-refractivity contribution is 0.0943. The smallest absolute Gasteiger partial charge is 0.255 e. The van der Waals surface area contributed by atoms with Crippen LogP contribution in [0.2, 0.25) is 0 Å². The summed E-state index contributed by atoms with van der Waals surface area (Å²) >= 11 is 0. The maximum Gasteiger partial charge on any atom is 0.255 e. The maximum atomic E-state index is 12.3. The van der Waals surface area contributed by atoms with Crippen molar-refractivity contribution in [2.24, 2.45) is 11.7 Å². The summed E-state index contributed by atoms with van der Waals surface area (Å²) in [6.07, 6.45) is 3.11. The molecule has 1 saturated carbocycles. The fourth-order valence-corrected chi connectivity index (χ4v) is 2.70. The van der Waals surface area contributed by atoms with E-state index in [1.165, 1.54) is 7.11 Å². The molecule has 0 heterocycles. The van der Waals surface area contributed by atoms with Crippen molar-refractivity contribution >= 4 is 5.91 Å². The summed E-state index contributed by atoms with van der Waals surface area (Å²) in [5.41, 5.74) is 6.37. The number of nitrogens with one attached hydrogen (secondary N) is 1. The Morgan fingerprint density at radius 3 is 2.75 bits per heavy atom. The first-order valence-electron chi connectivity index (χ1n) is 6.90. The molecule has 20 heavy (non-hydrogen) atoms. The van der Waals surface area contributed by atoms with Gasteiger partial charge in [0.1, 0.15) is 0 Å². The summed E-state index contributed by atoms with van der Waals surface area (Å²) in [7, 11) is 3.09. The summed E-state index contributed by atoms with van der Waals surface area (Å²) in [6, 6.07) is 5.56. The van der Waals surface area contributed by atoms with Crippen LogP contribution >= 0.6 is 0 Å². The number of hydrogen-bond acceptors (Lipinski definition) is 4. The van der Waals surface area contributed by atoms with E-state index in [1.807, 2.05) is 0 Å². The van der Waals surface area contributed by atoms with Crippen molar-refractivity contribution in [3.8, 4) is 11.5 Å². The molecule has 1 aliphatic carbocycles. The molecule has 5 heteroatoms. The van der Waals surface area contributed by atoms with Crippen molar-refractivity contribution in [1.29, 1.82) is 0 Å². The Bertz CT molecular complexity index is 476. The minimum absolute atomic E-state index is 0.138. The molecule has 5 nitrogen and oxygen atoms in total. The van der Waals surface area contributed by atoms with E-state index in [2.05, 4.69) is 5.32 Å². The lowest BCUT2D eigenvalue weighted by atomic mass is 10.1. The van der Waals surface area contributed by atoms with E-state index in [-0.39, 0.29) is 11.9 Å². The predicted molar refractivity (Wildman–Crippen MR) is 77.2 cm³/mol. The van der Waals surface area contributed by atoms with Gasteiger partial charge in [0, 0.05) is 12.6 Å². The van der Waals surface area contributed by atoms with E-state index < -0.39 is 0 Å². The summed E-state index contributed by atoms with van der Waals surface area (Å²) in [5, 5.41) is 2.96. The van der Waals surface area contributed by atoms with E-state index in [0.29, 0.717) is 29.5 Å². The predicted octanol–water partition coefficient (Wildman–Crippen LogP) is 1.56. The highest BCUT2D eigenvalue weighted by atomic mass is 16.5. The Hall–Kier alpha value is -1.75. The molecule has 1 aliphatic rings. The van der Waals surface area contributed by atoms with Crippen molar-refractivity contribution in [2.75, 3.05) is 20.8 Å². The summed E-state index contributed by atoms with van der Waals surface area (Å²) < 4.78 is 10.5. The van der Waals surface area contributed by atoms with E-state index in [4.69, 9.17) is 15.2 Å². The molecule has 110 valence electrons. The van der Waals surface area contributed by atoms with Gasteiger partial charge in [0.25, 0.3) is 5.91 Å². The molecule has 2 rings (SSSR count). The number of hydrogen-bond donors (Lipinski definition) is 2. The number of methoxy groups -OCH3 is 2. The van der Waals surface area contributed by atoms with Crippen LogP contribution in [-0.2, 0) is 0 Å². The van der Waals surface area contributed by atoms with Gasteiger partial charge in [-0.3, -0.25) is 4.79 Å². The monoisotopic (exact) mass is 278 g/mol. The SMILES string of the molecule is COc1cccc(C(=O)NCC2CCC(N)C2)c1OC. The van der Waals surface area contributed by atoms with Gasteiger partial charge < -0.3 is 20.5 Å². The average molecular weight is 278 g/mol. The number of para-hydroxylation sites is 1. The number of amides is 1. The normalized spacial score (nSPS) is 21.6. The highest BCUT2D eigenvalue weighted by Gasteiger charge is 2.23. The minimum Gasteiger partial charge on any atom is -0.493 e. The van der Waals surface area contributed by atoms with Gasteiger partial charge in [-0.05, 0) is 37.3 Å². The quantitative estimate of drug-likeness (QED) is 0.857. The van der Waals surface area contributed by atoms with Gasteiger partial charge in [0.2, 0.25) is 0 Å². The molecule has 2 atom stereocenters. The van der Waals surface area contributed by atoms with Crippen LogP contribution in [-0.4, -0.2) is 32.7 Å². The molecular weight excluding hydrogens is 256 g/mol. The molecule has 1 aromatic rings. The van der Waals surface area contributed by atoms with Crippen molar-refractivity contribution < 1.29 is 14.3 Å². The molecular formula is C15H22N2O3. The van der Waals surface area contributed by atoms with Crippen LogP contribution in [0.3, 0.4) is 0 Å². The zero-order valence-electron chi connectivity index (χ0n) is 12.0. The Balaban J connectivity index is 2.02. The molecule has 2 unspecified atom stereocenters. The number of rotatable bonds is 5. The molecule has 0 aromatic heterocycles. The van der Waals surface area contributed by atoms with Gasteiger partial charge in [-0.25, -0.2) is 0 Å². The fraction of sp³-hybridized carbons (Fsp3) is 0.533. The van der Waals surface area contributed by atoms with Crippen LogP contribution in [0.15, 0.2) is 18.2 Å². The van der Waals surface area contributed by atoms with Crippen molar-refractivity contribution in [3.63, 3.8) is 0 Å². The van der Waals surface area contributed by atoms with Gasteiger partial charge in [0.05, 0.1) is 19.8 Å². The van der Waals surface area contributed by atoms with E-state index in [0.717, 1.165) is 19.3 Å². The second kappa shape index (κ2) is 6.61. The third-order valence-corrected chi connectivity index (χ3v) is 3.78. The number of ether oxygens (including phenoxy) is 2. The van der Waals surface area contributed by atoms with Crippen LogP contribution in [0.4, 0.5) is 0 Å². The first-order chi connectivity index (χ1) is 9.65. The van der Waals surface area contributed by atoms with E-state index in [1.54, 1.807) is 25.3 Å². The Labute approximate surface area is 119 Å². The number of carbonyl (C=O) groups excluding carboxylic acids is 1. The highest BCUT2D eigenvalue weighted by Crippen LogP contribution is 2.30. The Morgan fingerprint density at radius 2 is 2.15 bits per heavy atom. The van der Waals surface area contributed by atoms with Crippen LogP contribution in [0.25, 0.3) is 0 Å². The molecule has 0 spiro atoms. The molecule has 0 radical (unpaired) electrons. The topological polar surface area (TPSA) is 73.6 Å². The summed E-state index contributed by atoms with van der Waals surface area (Å²) in [4.78, 5) is 12.3. The zero-order chi connectivity index (χ0) is 14.5. The third-order valence-electron chi connectivity index (χ3n) is 3.78. The van der Waals surface area contributed by atoms with Crippen LogP contribution in [0, 0.1) is 5.92 Å². The molecule has 0 saturated heterocycles. The second-order valence-corrected chi connectivity index (χ2v) is 5.19. The molecule has 3 N–H and O–H groups in total. The maximum absolute atomic E-state index is 12.3. The minimum atomic E-state index is -0.138. The van der Waals surface area contributed by atoms with Crippen molar-refractivity contribution in [3.05, 3.63) is 23.8 Å². The van der Waals surface area contributed by atoms with Crippen molar-refractivity contribution in [2.45, 2.75) is 25.3 Å². The summed E-state index contributed by atoms with van der Waals surface area (Å²) in [6.45, 7) is 0.660. The van der Waals surface area contributed by atoms with Crippen LogP contribution < -0.4 is 20.5 Å². The van der Waals surface area contributed by atoms with Crippen LogP contribution in [0.5, 0.6) is 11.5 Å². The largest absolute Gasteiger partial charge is 0.493 e. The number of carbonyl (C=O) groups is 1. The molecule has 0 aliphatic heterocycles. The molecule has 0 bridgehead atoms. The number of nitrogens with two attached hydrogens (primary N) is 1. The Morgan fingerprint density at radius 1 is 1.35 bits per heavy atom. The van der Waals surface area contributed by atoms with Crippen molar-refractivity contribution in [1.82, 2.24) is 5.32 Å². The first kappa shape index (κ1) is 14.7. The zero-order valence-corrected chi connectivity index (χ0v) is 12.0. The third kappa shape index (κ3) is 3.22. The van der Waals surface area contributed by atoms with Gasteiger partial charge in [0.15, 0.2) is 11.5 Å². The van der Waals surface area contributed by atoms with Gasteiger partial charge in [-0.15, -0.1) is 0 Å². The lowest BCUT2D eigenvalue weighted by Crippen LogP contribution is -2.29. The van der Waals surface area contributed by atoms with E-state index >= 15 is 0 Å². The lowest BCUT2D eigenvalue weighted by Gasteiger charge is -2.14. The first-order valence-corrected chi connectivity index (χ1v) is 6.90. The highest BCUT2D eigenvalue weighted by molar-refractivity contribution is 5.97. The van der Waals surface area contributed by atoms with Gasteiger partial charge in [-0.1, -0.05) is 6.07 Å². The molecule has 1 fully saturated rings. The standard InChI is InChI=1S/C15H22N2O3/c1-19-13-5-3-4-12(14(13)20-2)15(18)17-9-10-6-7-11(16)8-10/h3-5,10-11H,6-9,16H2,1-2H3,(H,17,18). The average Bonchev–Trinajstić information content (AvgIpc) is 2.89. The van der Waals surface area contributed by atoms with Crippen LogP contribution in [0.1, 0.15) is 29.6 Å². The van der Waals surface area contributed by atoms with E-state index in [9.17, 15) is 4.79 Å². The molecule has 1 aromatic carbocycles.